The number of halogens is 1. The Labute approximate surface area is 145 Å². The molecule has 2 amide bonds. The Kier molecular flexibility index (Phi) is 5.23. The van der Waals surface area contributed by atoms with Crippen LogP contribution in [0.15, 0.2) is 48.5 Å². The highest BCUT2D eigenvalue weighted by atomic mass is 35.5. The van der Waals surface area contributed by atoms with Crippen molar-refractivity contribution in [2.24, 2.45) is 0 Å². The standard InChI is InChI=1S/C18H19ClN2O3/c19-14-6-4-13(5-7-14)12-24-17-3-1-2-15(10-17)20-18(23)21-9-8-16(22)11-21/h1-7,10,16,22H,8-9,11-12H2,(H,20,23). The highest BCUT2D eigenvalue weighted by molar-refractivity contribution is 6.30. The molecule has 0 saturated carbocycles. The molecule has 3 rings (SSSR count). The van der Waals surface area contributed by atoms with Gasteiger partial charge in [-0.25, -0.2) is 4.79 Å². The summed E-state index contributed by atoms with van der Waals surface area (Å²) < 4.78 is 5.75. The molecule has 2 aromatic carbocycles. The molecule has 1 heterocycles. The van der Waals surface area contributed by atoms with Crippen LogP contribution in [0, 0.1) is 0 Å². The van der Waals surface area contributed by atoms with Gasteiger partial charge in [0.1, 0.15) is 12.4 Å². The summed E-state index contributed by atoms with van der Waals surface area (Å²) in [6.45, 7) is 1.37. The molecular formula is C18H19ClN2O3. The molecule has 126 valence electrons. The van der Waals surface area contributed by atoms with E-state index in [4.69, 9.17) is 16.3 Å². The number of hydrogen-bond donors (Lipinski definition) is 2. The highest BCUT2D eigenvalue weighted by Gasteiger charge is 2.24. The number of aliphatic hydroxyl groups excluding tert-OH is 1. The Morgan fingerprint density at radius 3 is 2.79 bits per heavy atom. The van der Waals surface area contributed by atoms with Gasteiger partial charge in [-0.1, -0.05) is 29.8 Å². The predicted octanol–water partition coefficient (Wildman–Crippen LogP) is 3.52. The van der Waals surface area contributed by atoms with Crippen molar-refractivity contribution in [3.63, 3.8) is 0 Å². The number of carbonyl (C=O) groups is 1. The van der Waals surface area contributed by atoms with Crippen LogP contribution >= 0.6 is 11.6 Å². The Hall–Kier alpha value is -2.24. The maximum absolute atomic E-state index is 12.1. The Bertz CT molecular complexity index is 706. The highest BCUT2D eigenvalue weighted by Crippen LogP contribution is 2.20. The molecule has 0 aliphatic carbocycles. The number of carbonyl (C=O) groups excluding carboxylic acids is 1. The number of nitrogens with zero attached hydrogens (tertiary/aromatic N) is 1. The van der Waals surface area contributed by atoms with E-state index in [-0.39, 0.29) is 6.03 Å². The molecule has 0 radical (unpaired) electrons. The first-order chi connectivity index (χ1) is 11.6. The first-order valence-corrected chi connectivity index (χ1v) is 8.19. The number of aliphatic hydroxyl groups is 1. The zero-order valence-electron chi connectivity index (χ0n) is 13.1. The van der Waals surface area contributed by atoms with Gasteiger partial charge in [0, 0.05) is 29.9 Å². The van der Waals surface area contributed by atoms with Gasteiger partial charge in [0.25, 0.3) is 0 Å². The summed E-state index contributed by atoms with van der Waals surface area (Å²) in [5, 5.41) is 13.0. The van der Waals surface area contributed by atoms with E-state index >= 15 is 0 Å². The van der Waals surface area contributed by atoms with Crippen LogP contribution in [0.3, 0.4) is 0 Å². The molecule has 1 saturated heterocycles. The molecule has 0 aromatic heterocycles. The first kappa shape index (κ1) is 16.6. The summed E-state index contributed by atoms with van der Waals surface area (Å²) in [7, 11) is 0. The van der Waals surface area contributed by atoms with Gasteiger partial charge in [-0.15, -0.1) is 0 Å². The number of urea groups is 1. The molecule has 0 bridgehead atoms. The molecule has 5 nitrogen and oxygen atoms in total. The van der Waals surface area contributed by atoms with Crippen LogP contribution in [0.25, 0.3) is 0 Å². The quantitative estimate of drug-likeness (QED) is 0.890. The van der Waals surface area contributed by atoms with Gasteiger partial charge in [0.15, 0.2) is 0 Å². The number of ether oxygens (including phenoxy) is 1. The minimum absolute atomic E-state index is 0.207. The Balaban J connectivity index is 1.57. The average molecular weight is 347 g/mol. The van der Waals surface area contributed by atoms with Crippen LogP contribution in [-0.4, -0.2) is 35.2 Å². The van der Waals surface area contributed by atoms with E-state index in [1.165, 1.54) is 0 Å². The van der Waals surface area contributed by atoms with Gasteiger partial charge in [0.2, 0.25) is 0 Å². The summed E-state index contributed by atoms with van der Waals surface area (Å²) in [6, 6.07) is 14.5. The van der Waals surface area contributed by atoms with Crippen LogP contribution in [-0.2, 0) is 6.61 Å². The van der Waals surface area contributed by atoms with Crippen LogP contribution in [0.1, 0.15) is 12.0 Å². The van der Waals surface area contributed by atoms with Crippen molar-refractivity contribution in [3.8, 4) is 5.75 Å². The normalized spacial score (nSPS) is 16.9. The maximum Gasteiger partial charge on any atom is 0.321 e. The van der Waals surface area contributed by atoms with Crippen molar-refractivity contribution in [2.45, 2.75) is 19.1 Å². The van der Waals surface area contributed by atoms with Crippen LogP contribution < -0.4 is 10.1 Å². The molecule has 2 N–H and O–H groups in total. The van der Waals surface area contributed by atoms with Crippen LogP contribution in [0.2, 0.25) is 5.02 Å². The van der Waals surface area contributed by atoms with E-state index in [1.54, 1.807) is 17.0 Å². The van der Waals surface area contributed by atoms with Gasteiger partial charge >= 0.3 is 6.03 Å². The fourth-order valence-electron chi connectivity index (χ4n) is 2.54. The number of likely N-dealkylation sites (tertiary alicyclic amines) is 1. The predicted molar refractivity (Wildman–Crippen MR) is 93.4 cm³/mol. The average Bonchev–Trinajstić information content (AvgIpc) is 3.01. The van der Waals surface area contributed by atoms with E-state index in [0.29, 0.717) is 42.6 Å². The van der Waals surface area contributed by atoms with Crippen molar-refractivity contribution in [1.82, 2.24) is 4.90 Å². The summed E-state index contributed by atoms with van der Waals surface area (Å²) in [5.74, 6) is 0.671. The van der Waals surface area contributed by atoms with Gasteiger partial charge in [-0.3, -0.25) is 0 Å². The minimum Gasteiger partial charge on any atom is -0.489 e. The van der Waals surface area contributed by atoms with Gasteiger partial charge in [0.05, 0.1) is 6.10 Å². The number of anilines is 1. The van der Waals surface area contributed by atoms with Crippen molar-refractivity contribution in [2.75, 3.05) is 18.4 Å². The van der Waals surface area contributed by atoms with Gasteiger partial charge in [-0.2, -0.15) is 0 Å². The van der Waals surface area contributed by atoms with E-state index < -0.39 is 6.10 Å². The second kappa shape index (κ2) is 7.55. The Morgan fingerprint density at radius 1 is 1.29 bits per heavy atom. The SMILES string of the molecule is O=C(Nc1cccc(OCc2ccc(Cl)cc2)c1)N1CCC(O)C1. The largest absolute Gasteiger partial charge is 0.489 e. The van der Waals surface area contributed by atoms with E-state index in [1.807, 2.05) is 36.4 Å². The molecule has 1 aliphatic rings. The number of benzene rings is 2. The second-order valence-corrected chi connectivity index (χ2v) is 6.20. The molecule has 1 aliphatic heterocycles. The molecule has 0 spiro atoms. The summed E-state index contributed by atoms with van der Waals surface area (Å²) in [6.07, 6.45) is 0.197. The fraction of sp³-hybridized carbons (Fsp3) is 0.278. The molecular weight excluding hydrogens is 328 g/mol. The van der Waals surface area contributed by atoms with E-state index in [0.717, 1.165) is 5.56 Å². The van der Waals surface area contributed by atoms with Crippen LogP contribution in [0.5, 0.6) is 5.75 Å². The summed E-state index contributed by atoms with van der Waals surface area (Å²) in [5.41, 5.74) is 1.68. The molecule has 2 aromatic rings. The maximum atomic E-state index is 12.1. The zero-order valence-corrected chi connectivity index (χ0v) is 13.9. The lowest BCUT2D eigenvalue weighted by molar-refractivity contribution is 0.176. The van der Waals surface area contributed by atoms with Gasteiger partial charge in [-0.05, 0) is 36.2 Å². The molecule has 1 atom stereocenters. The monoisotopic (exact) mass is 346 g/mol. The van der Waals surface area contributed by atoms with Crippen molar-refractivity contribution >= 4 is 23.3 Å². The molecule has 1 fully saturated rings. The summed E-state index contributed by atoms with van der Waals surface area (Å²) >= 11 is 5.86. The number of nitrogens with one attached hydrogen (secondary N) is 1. The third-order valence-electron chi connectivity index (χ3n) is 3.85. The smallest absolute Gasteiger partial charge is 0.321 e. The van der Waals surface area contributed by atoms with E-state index in [9.17, 15) is 9.90 Å². The number of β-amino-alcohol motifs (C(OH)–C–C–N with tert-alkyl or cyclic N) is 1. The van der Waals surface area contributed by atoms with Crippen LogP contribution in [0.4, 0.5) is 10.5 Å². The van der Waals surface area contributed by atoms with E-state index in [2.05, 4.69) is 5.32 Å². The van der Waals surface area contributed by atoms with Gasteiger partial charge < -0.3 is 20.1 Å². The van der Waals surface area contributed by atoms with Crippen molar-refractivity contribution in [3.05, 3.63) is 59.1 Å². The third kappa shape index (κ3) is 4.40. The molecule has 1 unspecified atom stereocenters. The minimum atomic E-state index is -0.426. The zero-order chi connectivity index (χ0) is 16.9. The third-order valence-corrected chi connectivity index (χ3v) is 4.11. The summed E-state index contributed by atoms with van der Waals surface area (Å²) in [4.78, 5) is 13.7. The molecule has 24 heavy (non-hydrogen) atoms. The second-order valence-electron chi connectivity index (χ2n) is 5.76. The lowest BCUT2D eigenvalue weighted by Crippen LogP contribution is -2.33. The number of hydrogen-bond acceptors (Lipinski definition) is 3. The topological polar surface area (TPSA) is 61.8 Å². The molecule has 6 heteroatoms. The number of rotatable bonds is 4. The number of amides is 2. The fourth-order valence-corrected chi connectivity index (χ4v) is 2.67. The van der Waals surface area contributed by atoms with Crippen molar-refractivity contribution in [1.29, 1.82) is 0 Å². The first-order valence-electron chi connectivity index (χ1n) is 7.81. The lowest BCUT2D eigenvalue weighted by Gasteiger charge is -2.17. The Morgan fingerprint density at radius 2 is 2.08 bits per heavy atom. The lowest BCUT2D eigenvalue weighted by atomic mass is 10.2. The van der Waals surface area contributed by atoms with Crippen molar-refractivity contribution < 1.29 is 14.6 Å².